The Kier molecular flexibility index (Phi) is 3.68. The second kappa shape index (κ2) is 5.66. The van der Waals surface area contributed by atoms with Gasteiger partial charge >= 0.3 is 5.97 Å². The highest BCUT2D eigenvalue weighted by atomic mass is 17.2. The maximum absolute atomic E-state index is 12.6. The zero-order chi connectivity index (χ0) is 17.5. The van der Waals surface area contributed by atoms with Gasteiger partial charge in [-0.15, -0.1) is 0 Å². The smallest absolute Gasteiger partial charge is 0.317 e. The van der Waals surface area contributed by atoms with Crippen molar-refractivity contribution in [2.45, 2.75) is 31.2 Å². The Balaban J connectivity index is 1.90. The summed E-state index contributed by atoms with van der Waals surface area (Å²) in [5.41, 5.74) is -0.475. The van der Waals surface area contributed by atoms with Crippen molar-refractivity contribution in [3.63, 3.8) is 0 Å². The summed E-state index contributed by atoms with van der Waals surface area (Å²) in [7, 11) is 0. The number of esters is 1. The summed E-state index contributed by atoms with van der Waals surface area (Å²) >= 11 is 0. The summed E-state index contributed by atoms with van der Waals surface area (Å²) < 4.78 is 5.21. The second-order valence-corrected chi connectivity index (χ2v) is 6.85. The topological polar surface area (TPSA) is 65.0 Å². The lowest BCUT2D eigenvalue weighted by Crippen LogP contribution is -2.60. The molecule has 2 aromatic rings. The van der Waals surface area contributed by atoms with Crippen LogP contribution in [0.5, 0.6) is 0 Å². The lowest BCUT2D eigenvalue weighted by molar-refractivity contribution is -0.504. The third-order valence-corrected chi connectivity index (χ3v) is 5.42. The lowest BCUT2D eigenvalue weighted by atomic mass is 9.66. The maximum atomic E-state index is 12.6. The molecule has 1 spiro atoms. The van der Waals surface area contributed by atoms with E-state index < -0.39 is 22.8 Å². The van der Waals surface area contributed by atoms with Crippen LogP contribution in [-0.2, 0) is 24.9 Å². The Hall–Kier alpha value is -2.21. The molecule has 5 nitrogen and oxygen atoms in total. The molecule has 2 saturated heterocycles. The molecule has 2 aliphatic rings. The Labute approximate surface area is 146 Å². The number of hydrogen-bond acceptors (Lipinski definition) is 5. The van der Waals surface area contributed by atoms with Gasteiger partial charge in [0.15, 0.2) is 5.60 Å². The molecule has 5 heteroatoms. The minimum Gasteiger partial charge on any atom is -0.465 e. The lowest BCUT2D eigenvalue weighted by Gasteiger charge is -2.50. The average molecular weight is 340 g/mol. The van der Waals surface area contributed by atoms with E-state index in [1.165, 1.54) is 6.92 Å². The van der Waals surface area contributed by atoms with Crippen LogP contribution in [0.15, 0.2) is 60.7 Å². The van der Waals surface area contributed by atoms with Gasteiger partial charge in [0, 0.05) is 12.8 Å². The molecule has 0 aromatic heterocycles. The first-order chi connectivity index (χ1) is 12.0. The summed E-state index contributed by atoms with van der Waals surface area (Å²) in [6.45, 7) is 1.72. The van der Waals surface area contributed by atoms with Crippen molar-refractivity contribution in [3.8, 4) is 0 Å². The molecule has 2 heterocycles. The van der Waals surface area contributed by atoms with E-state index in [0.29, 0.717) is 6.42 Å². The molecule has 0 saturated carbocycles. The van der Waals surface area contributed by atoms with Crippen LogP contribution in [0, 0.1) is 5.41 Å². The molecule has 2 aliphatic heterocycles. The number of hydrogen-bond donors (Lipinski definition) is 1. The molecule has 25 heavy (non-hydrogen) atoms. The summed E-state index contributed by atoms with van der Waals surface area (Å²) in [6.07, 6.45) is 0.615. The number of benzene rings is 2. The molecule has 2 aromatic carbocycles. The fourth-order valence-electron chi connectivity index (χ4n) is 3.87. The van der Waals surface area contributed by atoms with Crippen molar-refractivity contribution in [1.82, 2.24) is 0 Å². The highest BCUT2D eigenvalue weighted by Crippen LogP contribution is 2.56. The number of carbonyl (C=O) groups is 1. The molecule has 2 fully saturated rings. The number of rotatable bonds is 2. The first-order valence-corrected chi connectivity index (χ1v) is 8.38. The summed E-state index contributed by atoms with van der Waals surface area (Å²) in [5, 5.41) is 10.8. The summed E-state index contributed by atoms with van der Waals surface area (Å²) in [5.74, 6) is -2.20. The molecule has 0 unspecified atom stereocenters. The van der Waals surface area contributed by atoms with E-state index >= 15 is 0 Å². The van der Waals surface area contributed by atoms with Gasteiger partial charge in [-0.05, 0) is 18.1 Å². The Bertz CT molecular complexity index is 732. The van der Waals surface area contributed by atoms with Crippen LogP contribution < -0.4 is 0 Å². The molecule has 0 amide bonds. The van der Waals surface area contributed by atoms with Crippen LogP contribution in [0.25, 0.3) is 0 Å². The third kappa shape index (κ3) is 2.31. The van der Waals surface area contributed by atoms with E-state index in [9.17, 15) is 9.90 Å². The van der Waals surface area contributed by atoms with Gasteiger partial charge in [0.25, 0.3) is 0 Å². The molecule has 130 valence electrons. The minimum absolute atomic E-state index is 0.236. The molecule has 4 rings (SSSR count). The molecule has 0 aliphatic carbocycles. The van der Waals surface area contributed by atoms with E-state index in [2.05, 4.69) is 0 Å². The average Bonchev–Trinajstić information content (AvgIpc) is 3.01. The van der Waals surface area contributed by atoms with E-state index in [4.69, 9.17) is 14.5 Å². The predicted molar refractivity (Wildman–Crippen MR) is 89.1 cm³/mol. The Morgan fingerprint density at radius 2 is 1.48 bits per heavy atom. The molecule has 0 bridgehead atoms. The SMILES string of the molecule is C[C@@]1(O)OOC(c2ccccc2)(c2ccccc2)C[C@@]12CCOC2=O. The van der Waals surface area contributed by atoms with Gasteiger partial charge in [0.1, 0.15) is 5.41 Å². The molecular formula is C20H20O5. The standard InChI is InChI=1S/C20H20O5/c1-18(22)19(12-13-23-17(19)21)14-20(25-24-18,15-8-4-2-5-9-15)16-10-6-3-7-11-16/h2-11,22H,12-14H2,1H3/t18-,19-/m1/s1. The van der Waals surface area contributed by atoms with E-state index in [1.54, 1.807) is 0 Å². The van der Waals surface area contributed by atoms with Crippen LogP contribution in [0.1, 0.15) is 30.9 Å². The first-order valence-electron chi connectivity index (χ1n) is 8.38. The Morgan fingerprint density at radius 3 is 1.96 bits per heavy atom. The second-order valence-electron chi connectivity index (χ2n) is 6.85. The van der Waals surface area contributed by atoms with Crippen molar-refractivity contribution < 1.29 is 24.4 Å². The van der Waals surface area contributed by atoms with Crippen molar-refractivity contribution in [2.75, 3.05) is 6.61 Å². The quantitative estimate of drug-likeness (QED) is 0.673. The van der Waals surface area contributed by atoms with Gasteiger partial charge in [-0.2, -0.15) is 4.89 Å². The predicted octanol–water partition coefficient (Wildman–Crippen LogP) is 2.92. The number of aliphatic hydroxyl groups is 1. The van der Waals surface area contributed by atoms with Crippen molar-refractivity contribution in [1.29, 1.82) is 0 Å². The van der Waals surface area contributed by atoms with Crippen LogP contribution in [0.2, 0.25) is 0 Å². The zero-order valence-electron chi connectivity index (χ0n) is 14.0. The fourth-order valence-corrected chi connectivity index (χ4v) is 3.87. The van der Waals surface area contributed by atoms with E-state index in [0.717, 1.165) is 11.1 Å². The summed E-state index contributed by atoms with van der Waals surface area (Å²) in [6, 6.07) is 19.2. The van der Waals surface area contributed by atoms with Gasteiger partial charge in [-0.1, -0.05) is 60.7 Å². The highest BCUT2D eigenvalue weighted by molar-refractivity contribution is 5.80. The normalized spacial score (nSPS) is 31.0. The number of ether oxygens (including phenoxy) is 1. The molecular weight excluding hydrogens is 320 g/mol. The minimum atomic E-state index is -1.76. The third-order valence-electron chi connectivity index (χ3n) is 5.42. The van der Waals surface area contributed by atoms with Gasteiger partial charge in [0.05, 0.1) is 6.61 Å². The molecule has 0 radical (unpaired) electrons. The van der Waals surface area contributed by atoms with Gasteiger partial charge in [-0.3, -0.25) is 4.79 Å². The van der Waals surface area contributed by atoms with Crippen molar-refractivity contribution in [3.05, 3.63) is 71.8 Å². The molecule has 1 N–H and O–H groups in total. The Morgan fingerprint density at radius 1 is 0.920 bits per heavy atom. The van der Waals surface area contributed by atoms with Crippen LogP contribution in [0.4, 0.5) is 0 Å². The van der Waals surface area contributed by atoms with Gasteiger partial charge in [-0.25, -0.2) is 4.89 Å². The number of carbonyl (C=O) groups excluding carboxylic acids is 1. The largest absolute Gasteiger partial charge is 0.465 e. The van der Waals surface area contributed by atoms with Crippen LogP contribution in [0.3, 0.4) is 0 Å². The van der Waals surface area contributed by atoms with E-state index in [1.807, 2.05) is 60.7 Å². The van der Waals surface area contributed by atoms with Gasteiger partial charge in [0.2, 0.25) is 5.79 Å². The number of cyclic esters (lactones) is 1. The van der Waals surface area contributed by atoms with Crippen molar-refractivity contribution >= 4 is 5.97 Å². The zero-order valence-corrected chi connectivity index (χ0v) is 14.0. The van der Waals surface area contributed by atoms with E-state index in [-0.39, 0.29) is 13.0 Å². The maximum Gasteiger partial charge on any atom is 0.317 e. The fraction of sp³-hybridized carbons (Fsp3) is 0.350. The van der Waals surface area contributed by atoms with Crippen molar-refractivity contribution in [2.24, 2.45) is 5.41 Å². The van der Waals surface area contributed by atoms with Gasteiger partial charge < -0.3 is 9.84 Å². The molecule has 2 atom stereocenters. The first kappa shape index (κ1) is 16.3. The highest BCUT2D eigenvalue weighted by Gasteiger charge is 2.66. The summed E-state index contributed by atoms with van der Waals surface area (Å²) in [4.78, 5) is 23.9. The monoisotopic (exact) mass is 340 g/mol. The van der Waals surface area contributed by atoms with Crippen LogP contribution in [-0.4, -0.2) is 23.5 Å². The van der Waals surface area contributed by atoms with Crippen LogP contribution >= 0.6 is 0 Å².